The van der Waals surface area contributed by atoms with Crippen molar-refractivity contribution in [2.24, 2.45) is 11.8 Å². The van der Waals surface area contributed by atoms with E-state index in [4.69, 9.17) is 21.4 Å². The highest BCUT2D eigenvalue weighted by Gasteiger charge is 2.34. The summed E-state index contributed by atoms with van der Waals surface area (Å²) in [5.41, 5.74) is 1.05. The minimum atomic E-state index is -0.739. The van der Waals surface area contributed by atoms with Crippen LogP contribution in [-0.2, 0) is 4.79 Å². The minimum absolute atomic E-state index is 0.0908. The zero-order chi connectivity index (χ0) is 14.1. The lowest BCUT2D eigenvalue weighted by Crippen LogP contribution is -2.09. The molecule has 1 N–H and O–H groups in total. The normalized spacial score (nSPS) is 19.6. The Bertz CT molecular complexity index is 506. The van der Waals surface area contributed by atoms with Gasteiger partial charge in [-0.2, -0.15) is 0 Å². The second-order valence-corrected chi connectivity index (χ2v) is 6.39. The smallest absolute Gasteiger partial charge is 0.303 e. The van der Waals surface area contributed by atoms with Gasteiger partial charge >= 0.3 is 5.97 Å². The number of carboxylic acid groups (broad SMARTS) is 1. The Kier molecular flexibility index (Phi) is 3.88. The molecule has 20 heavy (non-hydrogen) atoms. The Hall–Kier alpha value is -1.22. The van der Waals surface area contributed by atoms with E-state index < -0.39 is 5.97 Å². The van der Waals surface area contributed by atoms with Crippen LogP contribution in [0.1, 0.15) is 43.6 Å². The van der Waals surface area contributed by atoms with Crippen LogP contribution in [0.2, 0.25) is 5.02 Å². The first kappa shape index (κ1) is 13.7. The lowest BCUT2D eigenvalue weighted by Gasteiger charge is -2.16. The maximum Gasteiger partial charge on any atom is 0.303 e. The Morgan fingerprint density at radius 3 is 2.70 bits per heavy atom. The fourth-order valence-corrected chi connectivity index (χ4v) is 2.77. The number of rotatable bonds is 7. The molecule has 1 aromatic carbocycles. The standard InChI is InChI=1S/C16H19ClO3/c17-14-6-5-12(7-15(14)20-9-10-1-2-10)13(8-16(18)19)11-3-4-11/h5-7,10-11,13H,1-4,8-9H2,(H,18,19). The van der Waals surface area contributed by atoms with Crippen molar-refractivity contribution in [3.8, 4) is 5.75 Å². The summed E-state index contributed by atoms with van der Waals surface area (Å²) in [5, 5.41) is 9.68. The maximum atomic E-state index is 11.0. The highest BCUT2D eigenvalue weighted by molar-refractivity contribution is 6.32. The van der Waals surface area contributed by atoms with Crippen molar-refractivity contribution in [3.05, 3.63) is 28.8 Å². The van der Waals surface area contributed by atoms with Crippen molar-refractivity contribution in [1.82, 2.24) is 0 Å². The second-order valence-electron chi connectivity index (χ2n) is 5.99. The van der Waals surface area contributed by atoms with E-state index in [9.17, 15) is 4.79 Å². The molecule has 0 amide bonds. The van der Waals surface area contributed by atoms with E-state index in [2.05, 4.69) is 0 Å². The molecule has 2 fully saturated rings. The number of ether oxygens (including phenoxy) is 1. The summed E-state index contributed by atoms with van der Waals surface area (Å²) in [7, 11) is 0. The molecule has 0 bridgehead atoms. The molecule has 0 heterocycles. The predicted octanol–water partition coefficient (Wildman–Crippen LogP) is 4.10. The van der Waals surface area contributed by atoms with Crippen LogP contribution >= 0.6 is 11.6 Å². The summed E-state index contributed by atoms with van der Waals surface area (Å²) in [6.45, 7) is 0.718. The lowest BCUT2D eigenvalue weighted by atomic mass is 9.91. The van der Waals surface area contributed by atoms with E-state index in [0.29, 0.717) is 22.6 Å². The van der Waals surface area contributed by atoms with Gasteiger partial charge in [-0.15, -0.1) is 0 Å². The van der Waals surface area contributed by atoms with Gasteiger partial charge in [0, 0.05) is 0 Å². The van der Waals surface area contributed by atoms with Crippen LogP contribution in [-0.4, -0.2) is 17.7 Å². The van der Waals surface area contributed by atoms with Gasteiger partial charge in [-0.25, -0.2) is 0 Å². The van der Waals surface area contributed by atoms with Crippen molar-refractivity contribution in [3.63, 3.8) is 0 Å². The Balaban J connectivity index is 1.76. The highest BCUT2D eigenvalue weighted by atomic mass is 35.5. The molecule has 1 aromatic rings. The van der Waals surface area contributed by atoms with Gasteiger partial charge < -0.3 is 9.84 Å². The molecule has 1 unspecified atom stereocenters. The van der Waals surface area contributed by atoms with Gasteiger partial charge in [0.05, 0.1) is 18.1 Å². The number of hydrogen-bond donors (Lipinski definition) is 1. The Morgan fingerprint density at radius 2 is 2.10 bits per heavy atom. The summed E-state index contributed by atoms with van der Waals surface area (Å²) in [6, 6.07) is 5.71. The van der Waals surface area contributed by atoms with Crippen LogP contribution in [0, 0.1) is 11.8 Å². The van der Waals surface area contributed by atoms with Crippen LogP contribution in [0.3, 0.4) is 0 Å². The molecule has 2 saturated carbocycles. The van der Waals surface area contributed by atoms with Gasteiger partial charge in [-0.1, -0.05) is 17.7 Å². The van der Waals surface area contributed by atoms with E-state index >= 15 is 0 Å². The average Bonchev–Trinajstić information content (AvgIpc) is 3.27. The summed E-state index contributed by atoms with van der Waals surface area (Å²) in [6.07, 6.45) is 4.91. The SMILES string of the molecule is O=C(O)CC(c1ccc(Cl)c(OCC2CC2)c1)C1CC1. The van der Waals surface area contributed by atoms with E-state index in [1.54, 1.807) is 0 Å². The first-order chi connectivity index (χ1) is 9.63. The Labute approximate surface area is 123 Å². The number of hydrogen-bond acceptors (Lipinski definition) is 2. The van der Waals surface area contributed by atoms with Gasteiger partial charge in [-0.05, 0) is 61.1 Å². The van der Waals surface area contributed by atoms with Crippen molar-refractivity contribution in [1.29, 1.82) is 0 Å². The van der Waals surface area contributed by atoms with Crippen LogP contribution in [0.5, 0.6) is 5.75 Å². The van der Waals surface area contributed by atoms with E-state index in [-0.39, 0.29) is 12.3 Å². The number of carboxylic acids is 1. The minimum Gasteiger partial charge on any atom is -0.492 e. The third-order valence-corrected chi connectivity index (χ3v) is 4.45. The van der Waals surface area contributed by atoms with E-state index in [0.717, 1.165) is 25.0 Å². The molecule has 3 rings (SSSR count). The molecule has 2 aliphatic carbocycles. The first-order valence-corrected chi connectivity index (χ1v) is 7.65. The molecule has 0 spiro atoms. The summed E-state index contributed by atoms with van der Waals surface area (Å²) >= 11 is 6.16. The van der Waals surface area contributed by atoms with Crippen LogP contribution < -0.4 is 4.74 Å². The maximum absolute atomic E-state index is 11.0. The molecular weight excluding hydrogens is 276 g/mol. The number of benzene rings is 1. The van der Waals surface area contributed by atoms with Gasteiger partial charge in [0.25, 0.3) is 0 Å². The molecule has 0 saturated heterocycles. The molecule has 3 nitrogen and oxygen atoms in total. The van der Waals surface area contributed by atoms with E-state index in [1.807, 2.05) is 18.2 Å². The monoisotopic (exact) mass is 294 g/mol. The molecular formula is C16H19ClO3. The van der Waals surface area contributed by atoms with Crippen LogP contribution in [0.15, 0.2) is 18.2 Å². The number of halogens is 1. The lowest BCUT2D eigenvalue weighted by molar-refractivity contribution is -0.137. The van der Waals surface area contributed by atoms with Gasteiger partial charge in [0.1, 0.15) is 5.75 Å². The largest absolute Gasteiger partial charge is 0.492 e. The van der Waals surface area contributed by atoms with Crippen LogP contribution in [0.25, 0.3) is 0 Å². The first-order valence-electron chi connectivity index (χ1n) is 7.27. The average molecular weight is 295 g/mol. The van der Waals surface area contributed by atoms with Crippen molar-refractivity contribution in [2.75, 3.05) is 6.61 Å². The molecule has 2 aliphatic rings. The summed E-state index contributed by atoms with van der Waals surface area (Å²) in [4.78, 5) is 11.0. The third kappa shape index (κ3) is 3.45. The molecule has 0 aliphatic heterocycles. The highest BCUT2D eigenvalue weighted by Crippen LogP contribution is 2.45. The molecule has 4 heteroatoms. The topological polar surface area (TPSA) is 46.5 Å². The van der Waals surface area contributed by atoms with E-state index in [1.165, 1.54) is 12.8 Å². The number of carbonyl (C=O) groups is 1. The third-order valence-electron chi connectivity index (χ3n) is 4.14. The quantitative estimate of drug-likeness (QED) is 0.823. The zero-order valence-corrected chi connectivity index (χ0v) is 12.1. The predicted molar refractivity (Wildman–Crippen MR) is 77.4 cm³/mol. The zero-order valence-electron chi connectivity index (χ0n) is 11.3. The van der Waals surface area contributed by atoms with Crippen LogP contribution in [0.4, 0.5) is 0 Å². The molecule has 0 radical (unpaired) electrons. The molecule has 1 atom stereocenters. The number of aliphatic carboxylic acids is 1. The fourth-order valence-electron chi connectivity index (χ4n) is 2.60. The molecule has 0 aromatic heterocycles. The summed E-state index contributed by atoms with van der Waals surface area (Å²) < 4.78 is 5.78. The second kappa shape index (κ2) is 5.65. The molecule has 108 valence electrons. The van der Waals surface area contributed by atoms with Gasteiger partial charge in [0.2, 0.25) is 0 Å². The van der Waals surface area contributed by atoms with Gasteiger partial charge in [-0.3, -0.25) is 4.79 Å². The summed E-state index contributed by atoms with van der Waals surface area (Å²) in [5.74, 6) is 1.23. The van der Waals surface area contributed by atoms with Crippen molar-refractivity contribution in [2.45, 2.75) is 38.0 Å². The van der Waals surface area contributed by atoms with Gasteiger partial charge in [0.15, 0.2) is 0 Å². The Morgan fingerprint density at radius 1 is 1.35 bits per heavy atom. The fraction of sp³-hybridized carbons (Fsp3) is 0.562. The van der Waals surface area contributed by atoms with Crippen molar-refractivity contribution < 1.29 is 14.6 Å². The van der Waals surface area contributed by atoms with Crippen molar-refractivity contribution >= 4 is 17.6 Å².